The van der Waals surface area contributed by atoms with Gasteiger partial charge in [-0.2, -0.15) is 5.10 Å². The molecule has 3 fully saturated rings. The zero-order valence-corrected chi connectivity index (χ0v) is 14.0. The summed E-state index contributed by atoms with van der Waals surface area (Å²) in [4.78, 5) is 15.2. The molecule has 4 nitrogen and oxygen atoms in total. The standard InChI is InChI=1S/C18H22ClN3O/c19-16-2-1-3-17(9-16)22-12-15(10-20-22)18(23)8-14-11-21-6-4-13(14)5-7-21/h1-3,9-10,13-15H,4-8,11-12H2/t14?,15-/m1/s1. The van der Waals surface area contributed by atoms with Crippen LogP contribution in [-0.2, 0) is 4.79 Å². The minimum Gasteiger partial charge on any atom is -0.303 e. The van der Waals surface area contributed by atoms with E-state index in [4.69, 9.17) is 11.6 Å². The fourth-order valence-electron chi connectivity index (χ4n) is 4.16. The molecule has 2 atom stereocenters. The molecule has 122 valence electrons. The molecule has 0 N–H and O–H groups in total. The number of carbonyl (C=O) groups excluding carboxylic acids is 1. The highest BCUT2D eigenvalue weighted by molar-refractivity contribution is 6.30. The number of hydrogen-bond donors (Lipinski definition) is 0. The lowest BCUT2D eigenvalue weighted by Gasteiger charge is -2.44. The zero-order valence-electron chi connectivity index (χ0n) is 13.2. The third-order valence-electron chi connectivity index (χ3n) is 5.53. The van der Waals surface area contributed by atoms with E-state index in [0.29, 0.717) is 29.7 Å². The van der Waals surface area contributed by atoms with Crippen LogP contribution >= 0.6 is 11.6 Å². The van der Waals surface area contributed by atoms with Gasteiger partial charge in [-0.05, 0) is 56.0 Å². The number of carbonyl (C=O) groups is 1. The predicted octanol–water partition coefficient (Wildman–Crippen LogP) is 3.06. The van der Waals surface area contributed by atoms with Crippen LogP contribution in [0.3, 0.4) is 0 Å². The van der Waals surface area contributed by atoms with Crippen LogP contribution < -0.4 is 5.01 Å². The summed E-state index contributed by atoms with van der Waals surface area (Å²) in [7, 11) is 0. The average Bonchev–Trinajstić information content (AvgIpc) is 3.06. The Kier molecular flexibility index (Phi) is 4.12. The maximum atomic E-state index is 12.7. The molecule has 4 aliphatic heterocycles. The topological polar surface area (TPSA) is 35.9 Å². The Labute approximate surface area is 142 Å². The van der Waals surface area contributed by atoms with Crippen LogP contribution in [0.15, 0.2) is 29.4 Å². The third kappa shape index (κ3) is 3.15. The first kappa shape index (κ1) is 15.2. The van der Waals surface area contributed by atoms with Crippen LogP contribution in [0.5, 0.6) is 0 Å². The van der Waals surface area contributed by atoms with Crippen molar-refractivity contribution in [1.82, 2.24) is 4.90 Å². The van der Waals surface area contributed by atoms with Gasteiger partial charge in [0.1, 0.15) is 5.78 Å². The second kappa shape index (κ2) is 6.25. The number of rotatable bonds is 4. The maximum absolute atomic E-state index is 12.7. The van der Waals surface area contributed by atoms with Crippen molar-refractivity contribution in [3.05, 3.63) is 29.3 Å². The Balaban J connectivity index is 1.36. The normalized spacial score (nSPS) is 32.5. The van der Waals surface area contributed by atoms with Gasteiger partial charge in [0, 0.05) is 24.2 Å². The summed E-state index contributed by atoms with van der Waals surface area (Å²) >= 11 is 6.04. The minimum absolute atomic E-state index is 0.0792. The van der Waals surface area contributed by atoms with Crippen molar-refractivity contribution >= 4 is 29.3 Å². The highest BCUT2D eigenvalue weighted by atomic mass is 35.5. The van der Waals surface area contributed by atoms with Crippen LogP contribution in [0, 0.1) is 17.8 Å². The Morgan fingerprint density at radius 1 is 1.26 bits per heavy atom. The molecule has 0 aliphatic carbocycles. The van der Waals surface area contributed by atoms with Crippen molar-refractivity contribution in [3.63, 3.8) is 0 Å². The number of hydrazone groups is 1. The Bertz CT molecular complexity index is 624. The summed E-state index contributed by atoms with van der Waals surface area (Å²) in [6.07, 6.45) is 5.06. The monoisotopic (exact) mass is 331 g/mol. The van der Waals surface area contributed by atoms with Gasteiger partial charge in [-0.15, -0.1) is 0 Å². The number of piperidine rings is 3. The fourth-order valence-corrected chi connectivity index (χ4v) is 4.35. The van der Waals surface area contributed by atoms with E-state index in [0.717, 1.165) is 18.2 Å². The van der Waals surface area contributed by atoms with Gasteiger partial charge in [0.15, 0.2) is 0 Å². The molecule has 1 unspecified atom stereocenters. The zero-order chi connectivity index (χ0) is 15.8. The summed E-state index contributed by atoms with van der Waals surface area (Å²) in [6.45, 7) is 4.20. The van der Waals surface area contributed by atoms with Crippen LogP contribution in [0.2, 0.25) is 5.02 Å². The van der Waals surface area contributed by atoms with Gasteiger partial charge in [0.2, 0.25) is 0 Å². The summed E-state index contributed by atoms with van der Waals surface area (Å²) in [5, 5.41) is 6.98. The molecule has 4 aliphatic rings. The lowest BCUT2D eigenvalue weighted by Crippen LogP contribution is -2.48. The molecule has 1 aromatic rings. The van der Waals surface area contributed by atoms with Crippen molar-refractivity contribution in [2.45, 2.75) is 19.3 Å². The molecular formula is C18H22ClN3O. The van der Waals surface area contributed by atoms with Gasteiger partial charge in [0.05, 0.1) is 18.2 Å². The summed E-state index contributed by atoms with van der Waals surface area (Å²) < 4.78 is 0. The first-order valence-corrected chi connectivity index (χ1v) is 8.89. The number of hydrogen-bond acceptors (Lipinski definition) is 4. The Morgan fingerprint density at radius 2 is 2.09 bits per heavy atom. The molecule has 0 aromatic heterocycles. The van der Waals surface area contributed by atoms with Crippen molar-refractivity contribution in [3.8, 4) is 0 Å². The Hall–Kier alpha value is -1.39. The van der Waals surface area contributed by atoms with Crippen LogP contribution in [0.1, 0.15) is 19.3 Å². The SMILES string of the molecule is O=C(CC1CN2CCC1CC2)[C@@H]1C=NN(c2cccc(Cl)c2)C1. The van der Waals surface area contributed by atoms with Gasteiger partial charge in [-0.3, -0.25) is 9.80 Å². The molecule has 5 heteroatoms. The molecule has 3 saturated heterocycles. The van der Waals surface area contributed by atoms with Gasteiger partial charge < -0.3 is 4.90 Å². The average molecular weight is 332 g/mol. The molecule has 1 aromatic carbocycles. The van der Waals surface area contributed by atoms with Crippen LogP contribution in [-0.4, -0.2) is 43.1 Å². The van der Waals surface area contributed by atoms with E-state index in [1.807, 2.05) is 35.5 Å². The van der Waals surface area contributed by atoms with Gasteiger partial charge in [-0.1, -0.05) is 17.7 Å². The van der Waals surface area contributed by atoms with E-state index in [1.165, 1.54) is 25.9 Å². The van der Waals surface area contributed by atoms with Gasteiger partial charge in [0.25, 0.3) is 0 Å². The summed E-state index contributed by atoms with van der Waals surface area (Å²) in [5.74, 6) is 1.58. The molecule has 2 bridgehead atoms. The number of nitrogens with zero attached hydrogens (tertiary/aromatic N) is 3. The molecule has 0 radical (unpaired) electrons. The number of ketones is 1. The number of benzene rings is 1. The quantitative estimate of drug-likeness (QED) is 0.850. The van der Waals surface area contributed by atoms with E-state index in [1.54, 1.807) is 0 Å². The maximum Gasteiger partial charge on any atom is 0.143 e. The van der Waals surface area contributed by atoms with Crippen molar-refractivity contribution in [2.75, 3.05) is 31.2 Å². The van der Waals surface area contributed by atoms with E-state index < -0.39 is 0 Å². The highest BCUT2D eigenvalue weighted by Crippen LogP contribution is 2.35. The smallest absolute Gasteiger partial charge is 0.143 e. The second-order valence-corrected chi connectivity index (χ2v) is 7.44. The van der Waals surface area contributed by atoms with Gasteiger partial charge >= 0.3 is 0 Å². The molecule has 5 rings (SSSR count). The number of Topliss-reactive ketones (excluding diaryl/α,β-unsaturated/α-hetero) is 1. The number of fused-ring (bicyclic) bond motifs is 3. The molecule has 4 heterocycles. The third-order valence-corrected chi connectivity index (χ3v) is 5.77. The van der Waals surface area contributed by atoms with E-state index in [-0.39, 0.29) is 5.92 Å². The molecular weight excluding hydrogens is 310 g/mol. The predicted molar refractivity (Wildman–Crippen MR) is 93.1 cm³/mol. The fraction of sp³-hybridized carbons (Fsp3) is 0.556. The van der Waals surface area contributed by atoms with Crippen LogP contribution in [0.25, 0.3) is 0 Å². The number of halogens is 1. The lowest BCUT2D eigenvalue weighted by molar-refractivity contribution is -0.123. The largest absolute Gasteiger partial charge is 0.303 e. The molecule has 0 saturated carbocycles. The van der Waals surface area contributed by atoms with Crippen molar-refractivity contribution < 1.29 is 4.79 Å². The molecule has 0 amide bonds. The first-order chi connectivity index (χ1) is 11.2. The van der Waals surface area contributed by atoms with Crippen LogP contribution in [0.4, 0.5) is 5.69 Å². The minimum atomic E-state index is -0.0792. The summed E-state index contributed by atoms with van der Waals surface area (Å²) in [5.41, 5.74) is 0.951. The number of anilines is 1. The van der Waals surface area contributed by atoms with E-state index in [9.17, 15) is 4.79 Å². The molecule has 0 spiro atoms. The first-order valence-electron chi connectivity index (χ1n) is 8.51. The van der Waals surface area contributed by atoms with E-state index in [2.05, 4.69) is 10.0 Å². The second-order valence-electron chi connectivity index (χ2n) is 7.00. The molecule has 23 heavy (non-hydrogen) atoms. The highest BCUT2D eigenvalue weighted by Gasteiger charge is 2.36. The van der Waals surface area contributed by atoms with Crippen molar-refractivity contribution in [2.24, 2.45) is 22.9 Å². The van der Waals surface area contributed by atoms with Gasteiger partial charge in [-0.25, -0.2) is 0 Å². The van der Waals surface area contributed by atoms with E-state index >= 15 is 0 Å². The Morgan fingerprint density at radius 3 is 2.78 bits per heavy atom. The van der Waals surface area contributed by atoms with Crippen molar-refractivity contribution in [1.29, 1.82) is 0 Å². The lowest BCUT2D eigenvalue weighted by atomic mass is 9.76. The summed E-state index contributed by atoms with van der Waals surface area (Å²) in [6, 6.07) is 7.62.